The van der Waals surface area contributed by atoms with Gasteiger partial charge in [0.1, 0.15) is 5.75 Å². The van der Waals surface area contributed by atoms with Crippen molar-refractivity contribution < 1.29 is 9.94 Å². The van der Waals surface area contributed by atoms with Crippen molar-refractivity contribution >= 4 is 17.2 Å². The molecule has 0 atom stereocenters. The summed E-state index contributed by atoms with van der Waals surface area (Å²) in [5.41, 5.74) is 9.33. The van der Waals surface area contributed by atoms with Gasteiger partial charge in [-0.25, -0.2) is 0 Å². The molecule has 2 aromatic rings. The normalized spacial score (nSPS) is 11.3. The van der Waals surface area contributed by atoms with E-state index in [1.54, 1.807) is 7.11 Å². The van der Waals surface area contributed by atoms with Crippen LogP contribution in [0.15, 0.2) is 47.6 Å². The van der Waals surface area contributed by atoms with Gasteiger partial charge in [-0.3, -0.25) is 0 Å². The van der Waals surface area contributed by atoms with Crippen molar-refractivity contribution in [1.82, 2.24) is 0 Å². The maximum Gasteiger partial charge on any atom is 0.170 e. The lowest BCUT2D eigenvalue weighted by Gasteiger charge is -2.21. The fourth-order valence-electron chi connectivity index (χ4n) is 2.17. The Morgan fingerprint density at radius 2 is 1.90 bits per heavy atom. The number of rotatable bonds is 4. The van der Waals surface area contributed by atoms with E-state index in [2.05, 4.69) is 5.16 Å². The Hall–Kier alpha value is -2.69. The maximum atomic E-state index is 8.77. The van der Waals surface area contributed by atoms with Gasteiger partial charge in [-0.1, -0.05) is 11.2 Å². The number of aryl methyl sites for hydroxylation is 1. The fraction of sp³-hybridized carbons (Fsp3) is 0.188. The Bertz CT molecular complexity index is 668. The van der Waals surface area contributed by atoms with Crippen molar-refractivity contribution in [1.29, 1.82) is 0 Å². The molecule has 5 nitrogen and oxygen atoms in total. The maximum absolute atomic E-state index is 8.77. The second kappa shape index (κ2) is 6.17. The smallest absolute Gasteiger partial charge is 0.170 e. The van der Waals surface area contributed by atoms with Gasteiger partial charge in [0.25, 0.3) is 0 Å². The summed E-state index contributed by atoms with van der Waals surface area (Å²) in [6.07, 6.45) is 0. The summed E-state index contributed by atoms with van der Waals surface area (Å²) in [6, 6.07) is 13.6. The number of benzene rings is 2. The first-order chi connectivity index (χ1) is 10.1. The summed E-state index contributed by atoms with van der Waals surface area (Å²) in [5, 5.41) is 11.8. The molecule has 0 aliphatic heterocycles. The molecule has 5 heteroatoms. The quantitative estimate of drug-likeness (QED) is 0.392. The predicted molar refractivity (Wildman–Crippen MR) is 84.7 cm³/mol. The first kappa shape index (κ1) is 14.7. The van der Waals surface area contributed by atoms with E-state index in [1.165, 1.54) is 0 Å². The minimum absolute atomic E-state index is 0.114. The topological polar surface area (TPSA) is 71.1 Å². The zero-order valence-electron chi connectivity index (χ0n) is 12.4. The zero-order chi connectivity index (χ0) is 15.4. The summed E-state index contributed by atoms with van der Waals surface area (Å²) in [4.78, 5) is 2.05. The number of nitrogens with two attached hydrogens (primary N) is 1. The molecule has 0 aromatic heterocycles. The lowest BCUT2D eigenvalue weighted by Crippen LogP contribution is -2.16. The van der Waals surface area contributed by atoms with Gasteiger partial charge in [0.05, 0.1) is 7.11 Å². The van der Waals surface area contributed by atoms with E-state index in [4.69, 9.17) is 15.7 Å². The van der Waals surface area contributed by atoms with Gasteiger partial charge in [0, 0.05) is 30.1 Å². The van der Waals surface area contributed by atoms with Crippen molar-refractivity contribution in [2.45, 2.75) is 6.92 Å². The van der Waals surface area contributed by atoms with Crippen molar-refractivity contribution in [3.63, 3.8) is 0 Å². The molecule has 0 aliphatic rings. The molecule has 0 saturated carbocycles. The van der Waals surface area contributed by atoms with Crippen molar-refractivity contribution in [3.05, 3.63) is 53.6 Å². The Kier molecular flexibility index (Phi) is 4.33. The molecule has 110 valence electrons. The summed E-state index contributed by atoms with van der Waals surface area (Å²) < 4.78 is 5.24. The molecule has 2 rings (SSSR count). The number of amidine groups is 1. The van der Waals surface area contributed by atoms with E-state index in [1.807, 2.05) is 61.3 Å². The van der Waals surface area contributed by atoms with Crippen LogP contribution in [0.4, 0.5) is 11.4 Å². The lowest BCUT2D eigenvalue weighted by molar-refractivity contribution is 0.318. The number of hydrogen-bond donors (Lipinski definition) is 2. The third-order valence-corrected chi connectivity index (χ3v) is 3.42. The minimum atomic E-state index is 0.114. The van der Waals surface area contributed by atoms with Gasteiger partial charge >= 0.3 is 0 Å². The van der Waals surface area contributed by atoms with E-state index in [9.17, 15) is 0 Å². The Morgan fingerprint density at radius 3 is 2.52 bits per heavy atom. The molecule has 0 amide bonds. The highest BCUT2D eigenvalue weighted by Crippen LogP contribution is 2.28. The Balaban J connectivity index is 2.35. The standard InChI is InChI=1S/C16H19N3O2/c1-11-9-13(7-8-15(11)16(17)18-20)19(2)12-5-4-6-14(10-12)21-3/h4-10,20H,1-3H3,(H2,17,18). The van der Waals surface area contributed by atoms with Gasteiger partial charge in [0.15, 0.2) is 5.84 Å². The van der Waals surface area contributed by atoms with Crippen LogP contribution in [-0.4, -0.2) is 25.2 Å². The van der Waals surface area contributed by atoms with E-state index in [0.29, 0.717) is 0 Å². The van der Waals surface area contributed by atoms with E-state index in [0.717, 1.165) is 28.3 Å². The SMILES string of the molecule is COc1cccc(N(C)c2ccc(/C(N)=N/O)c(C)c2)c1. The third-order valence-electron chi connectivity index (χ3n) is 3.42. The van der Waals surface area contributed by atoms with Gasteiger partial charge in [-0.2, -0.15) is 0 Å². The van der Waals surface area contributed by atoms with Crippen LogP contribution < -0.4 is 15.4 Å². The van der Waals surface area contributed by atoms with Crippen LogP contribution in [0.1, 0.15) is 11.1 Å². The van der Waals surface area contributed by atoms with Crippen LogP contribution in [0.5, 0.6) is 5.75 Å². The van der Waals surface area contributed by atoms with Gasteiger partial charge in [0.2, 0.25) is 0 Å². The second-order valence-corrected chi connectivity index (χ2v) is 4.74. The van der Waals surface area contributed by atoms with Gasteiger partial charge < -0.3 is 20.6 Å². The van der Waals surface area contributed by atoms with Crippen molar-refractivity contribution in [3.8, 4) is 5.75 Å². The van der Waals surface area contributed by atoms with Crippen LogP contribution in [-0.2, 0) is 0 Å². The Morgan fingerprint density at radius 1 is 1.19 bits per heavy atom. The molecule has 0 unspecified atom stereocenters. The molecule has 21 heavy (non-hydrogen) atoms. The summed E-state index contributed by atoms with van der Waals surface area (Å²) in [5.74, 6) is 0.924. The number of methoxy groups -OCH3 is 1. The number of ether oxygens (including phenoxy) is 1. The Labute approximate surface area is 124 Å². The number of nitrogens with zero attached hydrogens (tertiary/aromatic N) is 2. The largest absolute Gasteiger partial charge is 0.497 e. The highest BCUT2D eigenvalue weighted by molar-refractivity contribution is 5.98. The molecule has 0 heterocycles. The van der Waals surface area contributed by atoms with Crippen LogP contribution in [0.3, 0.4) is 0 Å². The highest BCUT2D eigenvalue weighted by Gasteiger charge is 2.09. The second-order valence-electron chi connectivity index (χ2n) is 4.74. The monoisotopic (exact) mass is 285 g/mol. The highest BCUT2D eigenvalue weighted by atomic mass is 16.5. The minimum Gasteiger partial charge on any atom is -0.497 e. The number of anilines is 2. The molecule has 0 bridgehead atoms. The summed E-state index contributed by atoms with van der Waals surface area (Å²) in [6.45, 7) is 1.93. The molecule has 2 aromatic carbocycles. The van der Waals surface area contributed by atoms with Crippen molar-refractivity contribution in [2.75, 3.05) is 19.1 Å². The predicted octanol–water partition coefficient (Wildman–Crippen LogP) is 2.87. The lowest BCUT2D eigenvalue weighted by atomic mass is 10.1. The number of oxime groups is 1. The van der Waals surface area contributed by atoms with E-state index in [-0.39, 0.29) is 5.84 Å². The van der Waals surface area contributed by atoms with Crippen LogP contribution in [0.25, 0.3) is 0 Å². The fourth-order valence-corrected chi connectivity index (χ4v) is 2.17. The first-order valence-electron chi connectivity index (χ1n) is 6.53. The molecular formula is C16H19N3O2. The van der Waals surface area contributed by atoms with Crippen molar-refractivity contribution in [2.24, 2.45) is 10.9 Å². The number of hydrogen-bond acceptors (Lipinski definition) is 4. The van der Waals surface area contributed by atoms with E-state index < -0.39 is 0 Å². The van der Waals surface area contributed by atoms with Crippen LogP contribution in [0, 0.1) is 6.92 Å². The molecule has 3 N–H and O–H groups in total. The van der Waals surface area contributed by atoms with Gasteiger partial charge in [-0.15, -0.1) is 0 Å². The zero-order valence-corrected chi connectivity index (χ0v) is 12.4. The first-order valence-corrected chi connectivity index (χ1v) is 6.53. The molecule has 0 fully saturated rings. The molecule has 0 saturated heterocycles. The average molecular weight is 285 g/mol. The summed E-state index contributed by atoms with van der Waals surface area (Å²) in [7, 11) is 3.63. The van der Waals surface area contributed by atoms with Crippen LogP contribution in [0.2, 0.25) is 0 Å². The van der Waals surface area contributed by atoms with Gasteiger partial charge in [-0.05, 0) is 42.8 Å². The molecular weight excluding hydrogens is 266 g/mol. The molecule has 0 radical (unpaired) electrons. The third kappa shape index (κ3) is 3.08. The molecule has 0 spiro atoms. The van der Waals surface area contributed by atoms with Crippen LogP contribution >= 0.6 is 0 Å². The summed E-state index contributed by atoms with van der Waals surface area (Å²) >= 11 is 0. The van der Waals surface area contributed by atoms with E-state index >= 15 is 0 Å². The average Bonchev–Trinajstić information content (AvgIpc) is 2.53. The molecule has 0 aliphatic carbocycles.